The first-order chi connectivity index (χ1) is 10.5. The highest BCUT2D eigenvalue weighted by Crippen LogP contribution is 2.09. The van der Waals surface area contributed by atoms with Gasteiger partial charge in [-0.25, -0.2) is 22.5 Å². The van der Waals surface area contributed by atoms with E-state index in [0.717, 1.165) is 31.5 Å². The zero-order valence-corrected chi connectivity index (χ0v) is 13.4. The number of halogens is 1. The number of guanidine groups is 1. The molecule has 1 aromatic rings. The summed E-state index contributed by atoms with van der Waals surface area (Å²) >= 11 is 0. The van der Waals surface area contributed by atoms with Crippen LogP contribution in [0.25, 0.3) is 0 Å². The van der Waals surface area contributed by atoms with Crippen molar-refractivity contribution in [3.05, 3.63) is 30.1 Å². The number of aliphatic imine (C=N–C) groups is 1. The van der Waals surface area contributed by atoms with Gasteiger partial charge in [0.05, 0.1) is 18.2 Å². The van der Waals surface area contributed by atoms with E-state index in [1.807, 2.05) is 0 Å². The summed E-state index contributed by atoms with van der Waals surface area (Å²) in [5.41, 5.74) is 0. The summed E-state index contributed by atoms with van der Waals surface area (Å²) < 4.78 is 39.5. The van der Waals surface area contributed by atoms with Gasteiger partial charge in [-0.3, -0.25) is 4.90 Å². The lowest BCUT2D eigenvalue weighted by Crippen LogP contribution is -2.50. The van der Waals surface area contributed by atoms with E-state index in [2.05, 4.69) is 26.9 Å². The van der Waals surface area contributed by atoms with Crippen molar-refractivity contribution in [1.29, 1.82) is 0 Å². The van der Waals surface area contributed by atoms with Gasteiger partial charge in [-0.1, -0.05) is 19.8 Å². The second kappa shape index (κ2) is 7.55. The molecule has 22 heavy (non-hydrogen) atoms. The average molecular weight is 328 g/mol. The molecule has 0 atom stereocenters. The van der Waals surface area contributed by atoms with Crippen molar-refractivity contribution in [3.8, 4) is 0 Å². The molecule has 1 aromatic carbocycles. The molecule has 2 N–H and O–H groups in total. The number of hydrogen-bond acceptors (Lipinski definition) is 5. The third-order valence-electron chi connectivity index (χ3n) is 3.33. The van der Waals surface area contributed by atoms with Gasteiger partial charge in [0.25, 0.3) is 10.0 Å². The van der Waals surface area contributed by atoms with Gasteiger partial charge in [0.2, 0.25) is 5.96 Å². The minimum absolute atomic E-state index is 0.00350. The summed E-state index contributed by atoms with van der Waals surface area (Å²) in [6.07, 6.45) is 3.43. The Morgan fingerprint density at radius 2 is 2.05 bits per heavy atom. The Kier molecular flexibility index (Phi) is 5.73. The number of rotatable bonds is 6. The van der Waals surface area contributed by atoms with Crippen LogP contribution in [-0.4, -0.2) is 39.2 Å². The first kappa shape index (κ1) is 16.7. The summed E-state index contributed by atoms with van der Waals surface area (Å²) in [6, 6.07) is 4.66. The molecular weight excluding hydrogens is 307 g/mol. The largest absolute Gasteiger partial charge is 0.343 e. The van der Waals surface area contributed by atoms with E-state index >= 15 is 0 Å². The Labute approximate surface area is 130 Å². The summed E-state index contributed by atoms with van der Waals surface area (Å²) in [4.78, 5) is 6.29. The molecule has 1 heterocycles. The lowest BCUT2D eigenvalue weighted by atomic mass is 10.2. The summed E-state index contributed by atoms with van der Waals surface area (Å²) in [5, 5.41) is 2.94. The number of unbranched alkanes of at least 4 members (excludes halogenated alkanes) is 2. The van der Waals surface area contributed by atoms with Crippen molar-refractivity contribution in [2.45, 2.75) is 31.1 Å². The molecule has 0 saturated heterocycles. The molecule has 122 valence electrons. The lowest BCUT2D eigenvalue weighted by molar-refractivity contribution is 0.258. The predicted molar refractivity (Wildman–Crippen MR) is 83.3 cm³/mol. The van der Waals surface area contributed by atoms with Gasteiger partial charge in [0.1, 0.15) is 5.82 Å². The van der Waals surface area contributed by atoms with Crippen molar-refractivity contribution in [1.82, 2.24) is 14.9 Å². The topological polar surface area (TPSA) is 73.8 Å². The highest BCUT2D eigenvalue weighted by Gasteiger charge is 2.19. The van der Waals surface area contributed by atoms with E-state index in [1.54, 1.807) is 0 Å². The molecule has 0 unspecified atom stereocenters. The van der Waals surface area contributed by atoms with Crippen molar-refractivity contribution in [2.75, 3.05) is 19.9 Å². The van der Waals surface area contributed by atoms with Gasteiger partial charge in [0, 0.05) is 6.54 Å². The Morgan fingerprint density at radius 3 is 2.64 bits per heavy atom. The van der Waals surface area contributed by atoms with Crippen LogP contribution in [0.15, 0.2) is 34.2 Å². The van der Waals surface area contributed by atoms with E-state index in [0.29, 0.717) is 13.3 Å². The van der Waals surface area contributed by atoms with Crippen LogP contribution in [0.3, 0.4) is 0 Å². The first-order valence-electron chi connectivity index (χ1n) is 7.30. The highest BCUT2D eigenvalue weighted by atomic mass is 32.2. The van der Waals surface area contributed by atoms with Gasteiger partial charge in [-0.2, -0.15) is 0 Å². The van der Waals surface area contributed by atoms with Crippen molar-refractivity contribution < 1.29 is 12.8 Å². The van der Waals surface area contributed by atoms with Crippen LogP contribution in [0.2, 0.25) is 0 Å². The quantitative estimate of drug-likeness (QED) is 0.776. The van der Waals surface area contributed by atoms with Gasteiger partial charge in [0.15, 0.2) is 0 Å². The van der Waals surface area contributed by atoms with Crippen molar-refractivity contribution in [2.24, 2.45) is 4.99 Å². The zero-order chi connectivity index (χ0) is 16.0. The van der Waals surface area contributed by atoms with E-state index in [9.17, 15) is 12.8 Å². The van der Waals surface area contributed by atoms with Crippen LogP contribution >= 0.6 is 0 Å². The fraction of sp³-hybridized carbons (Fsp3) is 0.500. The molecule has 0 radical (unpaired) electrons. The Balaban J connectivity index is 1.92. The summed E-state index contributed by atoms with van der Waals surface area (Å²) in [5.74, 6) is -0.258. The lowest BCUT2D eigenvalue weighted by Gasteiger charge is -2.26. The van der Waals surface area contributed by atoms with Gasteiger partial charge >= 0.3 is 0 Å². The van der Waals surface area contributed by atoms with Gasteiger partial charge in [-0.05, 0) is 30.7 Å². The molecule has 0 aromatic heterocycles. The maximum absolute atomic E-state index is 12.8. The standard InChI is InChI=1S/C14H21FN4O2S/c1-2-3-4-9-19-10-16-14(17-11-19)18-22(20,21)13-7-5-12(15)6-8-13/h5-8H,2-4,9-11H2,1H3,(H2,16,17,18). The maximum Gasteiger partial charge on any atom is 0.264 e. The second-order valence-electron chi connectivity index (χ2n) is 5.14. The van der Waals surface area contributed by atoms with Gasteiger partial charge < -0.3 is 5.32 Å². The SMILES string of the molecule is CCCCCN1CN=C(NS(=O)(=O)c2ccc(F)cc2)NC1. The Bertz CT molecular complexity index is 616. The van der Waals surface area contributed by atoms with Crippen LogP contribution in [0, 0.1) is 5.82 Å². The molecule has 1 aliphatic rings. The summed E-state index contributed by atoms with van der Waals surface area (Å²) in [6.45, 7) is 4.09. The molecule has 0 saturated carbocycles. The number of sulfonamides is 1. The number of hydrogen-bond donors (Lipinski definition) is 2. The van der Waals surface area contributed by atoms with Crippen LogP contribution in [0.5, 0.6) is 0 Å². The minimum atomic E-state index is -3.74. The minimum Gasteiger partial charge on any atom is -0.343 e. The number of nitrogens with zero attached hydrogens (tertiary/aromatic N) is 2. The zero-order valence-electron chi connectivity index (χ0n) is 12.5. The fourth-order valence-corrected chi connectivity index (χ4v) is 3.07. The van der Waals surface area contributed by atoms with Crippen LogP contribution in [-0.2, 0) is 10.0 Å². The number of nitrogens with one attached hydrogen (secondary N) is 2. The molecule has 0 spiro atoms. The molecule has 6 nitrogen and oxygen atoms in total. The van der Waals surface area contributed by atoms with Crippen LogP contribution < -0.4 is 10.0 Å². The van der Waals surface area contributed by atoms with Crippen LogP contribution in [0.1, 0.15) is 26.2 Å². The molecular formula is C14H21FN4O2S. The monoisotopic (exact) mass is 328 g/mol. The molecule has 8 heteroatoms. The third-order valence-corrected chi connectivity index (χ3v) is 4.69. The molecule has 0 bridgehead atoms. The van der Waals surface area contributed by atoms with Crippen molar-refractivity contribution in [3.63, 3.8) is 0 Å². The molecule has 0 fully saturated rings. The number of benzene rings is 1. The van der Waals surface area contributed by atoms with Crippen LogP contribution in [0.4, 0.5) is 4.39 Å². The van der Waals surface area contributed by atoms with E-state index < -0.39 is 15.8 Å². The molecule has 1 aliphatic heterocycles. The Morgan fingerprint density at radius 1 is 1.32 bits per heavy atom. The Hall–Kier alpha value is -1.67. The third kappa shape index (κ3) is 4.67. The summed E-state index contributed by atoms with van der Waals surface area (Å²) in [7, 11) is -3.74. The van der Waals surface area contributed by atoms with E-state index in [-0.39, 0.29) is 10.9 Å². The van der Waals surface area contributed by atoms with Gasteiger partial charge in [-0.15, -0.1) is 0 Å². The maximum atomic E-state index is 12.8. The molecule has 0 aliphatic carbocycles. The predicted octanol–water partition coefficient (Wildman–Crippen LogP) is 1.47. The molecule has 0 amide bonds. The van der Waals surface area contributed by atoms with E-state index in [1.165, 1.54) is 18.6 Å². The molecule has 2 rings (SSSR count). The second-order valence-corrected chi connectivity index (χ2v) is 6.83. The highest BCUT2D eigenvalue weighted by molar-refractivity contribution is 7.90. The normalized spacial score (nSPS) is 16.0. The smallest absolute Gasteiger partial charge is 0.264 e. The average Bonchev–Trinajstić information content (AvgIpc) is 2.49. The fourth-order valence-electron chi connectivity index (χ4n) is 2.07. The first-order valence-corrected chi connectivity index (χ1v) is 8.78. The van der Waals surface area contributed by atoms with E-state index in [4.69, 9.17) is 0 Å². The van der Waals surface area contributed by atoms with Crippen molar-refractivity contribution >= 4 is 16.0 Å².